The fraction of sp³-hybridized carbons (Fsp3) is 0.538. The van der Waals surface area contributed by atoms with Gasteiger partial charge in [0.1, 0.15) is 0 Å². The van der Waals surface area contributed by atoms with E-state index in [1.54, 1.807) is 0 Å². The van der Waals surface area contributed by atoms with E-state index in [0.717, 1.165) is 36.5 Å². The van der Waals surface area contributed by atoms with Crippen LogP contribution in [0.4, 0.5) is 0 Å². The van der Waals surface area contributed by atoms with Crippen LogP contribution >= 0.6 is 11.6 Å². The molecule has 2 nitrogen and oxygen atoms in total. The molecule has 16 heavy (non-hydrogen) atoms. The van der Waals surface area contributed by atoms with Gasteiger partial charge >= 0.3 is 0 Å². The lowest BCUT2D eigenvalue weighted by atomic mass is 9.69. The highest BCUT2D eigenvalue weighted by molar-refractivity contribution is 6.31. The van der Waals surface area contributed by atoms with Crippen LogP contribution in [0.15, 0.2) is 24.3 Å². The van der Waals surface area contributed by atoms with Crippen molar-refractivity contribution < 1.29 is 5.11 Å². The summed E-state index contributed by atoms with van der Waals surface area (Å²) in [4.78, 5) is 0. The Bertz CT molecular complexity index is 359. The Kier molecular flexibility index (Phi) is 3.53. The van der Waals surface area contributed by atoms with Gasteiger partial charge in [-0.05, 0) is 44.5 Å². The first-order valence-electron chi connectivity index (χ1n) is 5.80. The van der Waals surface area contributed by atoms with Crippen LogP contribution in [-0.4, -0.2) is 24.3 Å². The summed E-state index contributed by atoms with van der Waals surface area (Å²) in [6, 6.07) is 7.87. The van der Waals surface area contributed by atoms with E-state index < -0.39 is 0 Å². The average molecular weight is 240 g/mol. The lowest BCUT2D eigenvalue weighted by molar-refractivity contribution is 0.0733. The third kappa shape index (κ3) is 1.97. The van der Waals surface area contributed by atoms with Crippen molar-refractivity contribution >= 4 is 11.6 Å². The van der Waals surface area contributed by atoms with E-state index in [2.05, 4.69) is 5.32 Å². The molecule has 1 heterocycles. The smallest absolute Gasteiger partial charge is 0.0610 e. The molecule has 0 radical (unpaired) electrons. The van der Waals surface area contributed by atoms with Crippen LogP contribution in [-0.2, 0) is 5.41 Å². The van der Waals surface area contributed by atoms with Crippen molar-refractivity contribution in [3.05, 3.63) is 34.9 Å². The number of nitrogens with one attached hydrogen (secondary N) is 1. The van der Waals surface area contributed by atoms with Crippen LogP contribution in [0.1, 0.15) is 25.3 Å². The molecule has 0 aromatic heterocycles. The molecule has 1 aromatic carbocycles. The van der Waals surface area contributed by atoms with Crippen LogP contribution in [0.3, 0.4) is 0 Å². The van der Waals surface area contributed by atoms with Crippen LogP contribution < -0.4 is 5.32 Å². The van der Waals surface area contributed by atoms with Gasteiger partial charge in [0.2, 0.25) is 0 Å². The van der Waals surface area contributed by atoms with Gasteiger partial charge in [-0.2, -0.15) is 0 Å². The monoisotopic (exact) mass is 239 g/mol. The van der Waals surface area contributed by atoms with Gasteiger partial charge in [0, 0.05) is 10.4 Å². The predicted octanol–water partition coefficient (Wildman–Crippen LogP) is 2.34. The number of halogens is 1. The fourth-order valence-corrected chi connectivity index (χ4v) is 2.97. The number of aliphatic hydroxyl groups is 1. The van der Waals surface area contributed by atoms with Crippen molar-refractivity contribution in [2.24, 2.45) is 0 Å². The highest BCUT2D eigenvalue weighted by Gasteiger charge is 2.39. The molecule has 0 spiro atoms. The number of hydrogen-bond donors (Lipinski definition) is 2. The van der Waals surface area contributed by atoms with Crippen molar-refractivity contribution in [1.29, 1.82) is 0 Å². The van der Waals surface area contributed by atoms with Gasteiger partial charge in [-0.25, -0.2) is 0 Å². The summed E-state index contributed by atoms with van der Waals surface area (Å²) in [5.74, 6) is 0. The number of piperidine rings is 1. The van der Waals surface area contributed by atoms with E-state index in [1.165, 1.54) is 0 Å². The Labute approximate surface area is 102 Å². The first kappa shape index (κ1) is 11.9. The maximum atomic E-state index is 10.1. The van der Waals surface area contributed by atoms with E-state index in [-0.39, 0.29) is 11.5 Å². The molecule has 1 aliphatic rings. The van der Waals surface area contributed by atoms with Gasteiger partial charge in [0.15, 0.2) is 0 Å². The largest absolute Gasteiger partial charge is 0.392 e. The second-order valence-electron chi connectivity index (χ2n) is 4.56. The third-order valence-electron chi connectivity index (χ3n) is 3.71. The Hall–Kier alpha value is -0.570. The van der Waals surface area contributed by atoms with Crippen LogP contribution in [0.5, 0.6) is 0 Å². The lowest BCUT2D eigenvalue weighted by Gasteiger charge is -2.41. The minimum absolute atomic E-state index is 0.177. The second kappa shape index (κ2) is 4.74. The normalized spacial score (nSPS) is 21.7. The number of aliphatic hydroxyl groups excluding tert-OH is 1. The zero-order valence-corrected chi connectivity index (χ0v) is 10.3. The van der Waals surface area contributed by atoms with Gasteiger partial charge < -0.3 is 10.4 Å². The summed E-state index contributed by atoms with van der Waals surface area (Å²) in [5, 5.41) is 14.2. The molecule has 0 saturated carbocycles. The molecule has 3 heteroatoms. The van der Waals surface area contributed by atoms with Crippen molar-refractivity contribution in [2.45, 2.75) is 31.3 Å². The molecule has 0 aliphatic carbocycles. The molecule has 1 unspecified atom stereocenters. The zero-order valence-electron chi connectivity index (χ0n) is 9.54. The highest BCUT2D eigenvalue weighted by atomic mass is 35.5. The summed E-state index contributed by atoms with van der Waals surface area (Å²) in [5.41, 5.74) is 0.914. The minimum Gasteiger partial charge on any atom is -0.392 e. The molecule has 2 rings (SSSR count). The predicted molar refractivity (Wildman–Crippen MR) is 66.9 cm³/mol. The summed E-state index contributed by atoms with van der Waals surface area (Å²) >= 11 is 6.26. The molecule has 1 atom stereocenters. The Morgan fingerprint density at radius 3 is 2.50 bits per heavy atom. The summed E-state index contributed by atoms with van der Waals surface area (Å²) in [7, 11) is 0. The molecular weight excluding hydrogens is 222 g/mol. The molecule has 1 saturated heterocycles. The molecule has 0 bridgehead atoms. The first-order chi connectivity index (χ1) is 7.67. The number of benzene rings is 1. The molecule has 0 amide bonds. The maximum absolute atomic E-state index is 10.1. The summed E-state index contributed by atoms with van der Waals surface area (Å²) in [6.07, 6.45) is 1.51. The summed E-state index contributed by atoms with van der Waals surface area (Å²) in [6.45, 7) is 3.75. The van der Waals surface area contributed by atoms with Gasteiger partial charge in [-0.15, -0.1) is 0 Å². The van der Waals surface area contributed by atoms with Gasteiger partial charge in [-0.3, -0.25) is 0 Å². The van der Waals surface area contributed by atoms with Crippen LogP contribution in [0.2, 0.25) is 5.02 Å². The average Bonchev–Trinajstić information content (AvgIpc) is 2.30. The fourth-order valence-electron chi connectivity index (χ4n) is 2.65. The van der Waals surface area contributed by atoms with Gasteiger partial charge in [-0.1, -0.05) is 29.8 Å². The van der Waals surface area contributed by atoms with E-state index in [9.17, 15) is 5.11 Å². The van der Waals surface area contributed by atoms with Crippen LogP contribution in [0, 0.1) is 0 Å². The maximum Gasteiger partial charge on any atom is 0.0610 e. The topological polar surface area (TPSA) is 32.3 Å². The number of hydrogen-bond acceptors (Lipinski definition) is 2. The van der Waals surface area contributed by atoms with Crippen molar-refractivity contribution in [3.8, 4) is 0 Å². The Morgan fingerprint density at radius 2 is 1.94 bits per heavy atom. The quantitative estimate of drug-likeness (QED) is 0.831. The van der Waals surface area contributed by atoms with E-state index in [4.69, 9.17) is 11.6 Å². The second-order valence-corrected chi connectivity index (χ2v) is 4.97. The zero-order chi connectivity index (χ0) is 11.6. The third-order valence-corrected chi connectivity index (χ3v) is 4.04. The molecule has 1 aliphatic heterocycles. The summed E-state index contributed by atoms with van der Waals surface area (Å²) < 4.78 is 0. The lowest BCUT2D eigenvalue weighted by Crippen LogP contribution is -2.46. The van der Waals surface area contributed by atoms with Crippen molar-refractivity contribution in [2.75, 3.05) is 13.1 Å². The molecule has 88 valence electrons. The molecule has 1 fully saturated rings. The molecular formula is C13H18ClNO. The molecule has 1 aromatic rings. The molecule has 2 N–H and O–H groups in total. The van der Waals surface area contributed by atoms with Crippen LogP contribution in [0.25, 0.3) is 0 Å². The Balaban J connectivity index is 2.43. The van der Waals surface area contributed by atoms with Crippen molar-refractivity contribution in [1.82, 2.24) is 5.32 Å². The SMILES string of the molecule is CC(O)C1(c2ccccc2Cl)CCNCC1. The standard InChI is InChI=1S/C13H18ClNO/c1-10(16)13(6-8-15-9-7-13)11-4-2-3-5-12(11)14/h2-5,10,15-16H,6-9H2,1H3. The van der Waals surface area contributed by atoms with E-state index in [0.29, 0.717) is 0 Å². The Morgan fingerprint density at radius 1 is 1.31 bits per heavy atom. The van der Waals surface area contributed by atoms with Gasteiger partial charge in [0.25, 0.3) is 0 Å². The highest BCUT2D eigenvalue weighted by Crippen LogP contribution is 2.40. The minimum atomic E-state index is -0.366. The first-order valence-corrected chi connectivity index (χ1v) is 6.18. The van der Waals surface area contributed by atoms with Gasteiger partial charge in [0.05, 0.1) is 6.10 Å². The van der Waals surface area contributed by atoms with E-state index in [1.807, 2.05) is 31.2 Å². The van der Waals surface area contributed by atoms with Crippen molar-refractivity contribution in [3.63, 3.8) is 0 Å². The van der Waals surface area contributed by atoms with E-state index >= 15 is 0 Å². The number of rotatable bonds is 2.